The molecule has 0 fully saturated rings. The van der Waals surface area contributed by atoms with Gasteiger partial charge < -0.3 is 10.3 Å². The number of aromatic nitrogens is 2. The molecule has 1 aromatic heterocycles. The van der Waals surface area contributed by atoms with E-state index in [0.29, 0.717) is 48.5 Å². The van der Waals surface area contributed by atoms with E-state index in [1.165, 1.54) is 40.7 Å². The summed E-state index contributed by atoms with van der Waals surface area (Å²) in [6.45, 7) is 4.66. The first-order chi connectivity index (χ1) is 13.8. The quantitative estimate of drug-likeness (QED) is 0.588. The molecule has 3 rings (SSSR count). The maximum Gasteiger partial charge on any atom is 0.251 e. The lowest BCUT2D eigenvalue weighted by Gasteiger charge is -2.18. The number of carbonyl (C=O) groups is 1. The molecule has 0 unspecified atom stereocenters. The highest BCUT2D eigenvalue weighted by Crippen LogP contribution is 2.16. The van der Waals surface area contributed by atoms with Crippen molar-refractivity contribution in [2.45, 2.75) is 25.2 Å². The van der Waals surface area contributed by atoms with Crippen molar-refractivity contribution in [3.63, 3.8) is 0 Å². The molecule has 0 spiro atoms. The second-order valence-corrected chi connectivity index (χ2v) is 8.40. The Kier molecular flexibility index (Phi) is 6.29. The molecule has 2 N–H and O–H groups in total. The summed E-state index contributed by atoms with van der Waals surface area (Å²) in [7, 11) is -3.55. The van der Waals surface area contributed by atoms with Crippen LogP contribution in [0, 0.1) is 5.82 Å². The lowest BCUT2D eigenvalue weighted by atomic mass is 10.2. The fraction of sp³-hybridized carbons (Fsp3) is 0.300. The van der Waals surface area contributed by atoms with Crippen molar-refractivity contribution in [3.8, 4) is 0 Å². The molecule has 0 saturated carbocycles. The van der Waals surface area contributed by atoms with E-state index in [9.17, 15) is 17.6 Å². The van der Waals surface area contributed by atoms with Crippen molar-refractivity contribution in [1.82, 2.24) is 19.6 Å². The SMILES string of the molecule is CCN(CC)S(=O)(=O)c1ccc(C(=O)NCCc2nc3ccc(F)cc3[nH]2)cc1. The summed E-state index contributed by atoms with van der Waals surface area (Å²) in [6.07, 6.45) is 0.455. The number of benzene rings is 2. The summed E-state index contributed by atoms with van der Waals surface area (Å²) in [5.41, 5.74) is 1.64. The number of amides is 1. The summed E-state index contributed by atoms with van der Waals surface area (Å²) < 4.78 is 39.6. The number of carbonyl (C=O) groups excluding carboxylic acids is 1. The number of aromatic amines is 1. The highest BCUT2D eigenvalue weighted by molar-refractivity contribution is 7.89. The van der Waals surface area contributed by atoms with Crippen molar-refractivity contribution in [3.05, 3.63) is 59.7 Å². The van der Waals surface area contributed by atoms with Gasteiger partial charge in [-0.05, 0) is 42.5 Å². The molecule has 0 atom stereocenters. The van der Waals surface area contributed by atoms with Gasteiger partial charge in [-0.2, -0.15) is 4.31 Å². The predicted octanol–water partition coefficient (Wildman–Crippen LogP) is 2.71. The van der Waals surface area contributed by atoms with Crippen molar-refractivity contribution >= 4 is 27.0 Å². The molecule has 154 valence electrons. The zero-order valence-corrected chi connectivity index (χ0v) is 17.1. The lowest BCUT2D eigenvalue weighted by molar-refractivity contribution is 0.0954. The number of halogens is 1. The number of fused-ring (bicyclic) bond motifs is 1. The smallest absolute Gasteiger partial charge is 0.251 e. The zero-order chi connectivity index (χ0) is 21.0. The minimum Gasteiger partial charge on any atom is -0.352 e. The minimum atomic E-state index is -3.55. The van der Waals surface area contributed by atoms with Crippen LogP contribution in [0.15, 0.2) is 47.4 Å². The van der Waals surface area contributed by atoms with E-state index in [1.54, 1.807) is 19.9 Å². The Bertz CT molecular complexity index is 1110. The highest BCUT2D eigenvalue weighted by Gasteiger charge is 2.21. The van der Waals surface area contributed by atoms with Crippen LogP contribution in [-0.4, -0.2) is 48.2 Å². The fourth-order valence-corrected chi connectivity index (χ4v) is 4.50. The number of hydrogen-bond donors (Lipinski definition) is 2. The molecule has 0 aliphatic carbocycles. The van der Waals surface area contributed by atoms with E-state index in [-0.39, 0.29) is 16.6 Å². The van der Waals surface area contributed by atoms with Gasteiger partial charge in [-0.3, -0.25) is 4.79 Å². The first-order valence-corrected chi connectivity index (χ1v) is 10.8. The summed E-state index contributed by atoms with van der Waals surface area (Å²) in [5.74, 6) is -0.00188. The van der Waals surface area contributed by atoms with Gasteiger partial charge in [0.15, 0.2) is 0 Å². The van der Waals surface area contributed by atoms with Crippen LogP contribution in [0.5, 0.6) is 0 Å². The van der Waals surface area contributed by atoms with Crippen LogP contribution in [-0.2, 0) is 16.4 Å². The van der Waals surface area contributed by atoms with Crippen LogP contribution in [0.25, 0.3) is 11.0 Å². The summed E-state index contributed by atoms with van der Waals surface area (Å²) >= 11 is 0. The maximum absolute atomic E-state index is 13.2. The van der Waals surface area contributed by atoms with Gasteiger partial charge in [-0.1, -0.05) is 13.8 Å². The summed E-state index contributed by atoms with van der Waals surface area (Å²) in [4.78, 5) is 19.8. The van der Waals surface area contributed by atoms with Crippen LogP contribution in [0.1, 0.15) is 30.0 Å². The van der Waals surface area contributed by atoms with Crippen molar-refractivity contribution in [2.75, 3.05) is 19.6 Å². The Balaban J connectivity index is 1.60. The number of rotatable bonds is 8. The molecule has 0 saturated heterocycles. The fourth-order valence-electron chi connectivity index (χ4n) is 3.04. The van der Waals surface area contributed by atoms with Crippen LogP contribution < -0.4 is 5.32 Å². The van der Waals surface area contributed by atoms with Crippen LogP contribution in [0.2, 0.25) is 0 Å². The van der Waals surface area contributed by atoms with Gasteiger partial charge in [-0.15, -0.1) is 0 Å². The topological polar surface area (TPSA) is 95.2 Å². The summed E-state index contributed by atoms with van der Waals surface area (Å²) in [5, 5.41) is 2.77. The van der Waals surface area contributed by atoms with Crippen LogP contribution in [0.4, 0.5) is 4.39 Å². The molecule has 7 nitrogen and oxygen atoms in total. The third-order valence-corrected chi connectivity index (χ3v) is 6.66. The molecule has 0 aliphatic heterocycles. The number of sulfonamides is 1. The molecule has 2 aromatic carbocycles. The Hall–Kier alpha value is -2.78. The number of nitrogens with zero attached hydrogens (tertiary/aromatic N) is 2. The van der Waals surface area contributed by atoms with Gasteiger partial charge in [-0.25, -0.2) is 17.8 Å². The van der Waals surface area contributed by atoms with E-state index in [0.717, 1.165) is 0 Å². The molecule has 0 radical (unpaired) electrons. The first-order valence-electron chi connectivity index (χ1n) is 9.37. The Morgan fingerprint density at radius 3 is 2.48 bits per heavy atom. The second-order valence-electron chi connectivity index (χ2n) is 6.46. The first kappa shape index (κ1) is 20.9. The predicted molar refractivity (Wildman–Crippen MR) is 109 cm³/mol. The van der Waals surface area contributed by atoms with Gasteiger partial charge in [0.05, 0.1) is 15.9 Å². The Morgan fingerprint density at radius 1 is 1.14 bits per heavy atom. The van der Waals surface area contributed by atoms with E-state index >= 15 is 0 Å². The molecule has 1 heterocycles. The van der Waals surface area contributed by atoms with Gasteiger partial charge in [0.2, 0.25) is 10.0 Å². The molecule has 3 aromatic rings. The Labute approximate surface area is 169 Å². The molecular weight excluding hydrogens is 395 g/mol. The van der Waals surface area contributed by atoms with Gasteiger partial charge in [0, 0.05) is 31.6 Å². The zero-order valence-electron chi connectivity index (χ0n) is 16.3. The monoisotopic (exact) mass is 418 g/mol. The standard InChI is InChI=1S/C20H23FN4O3S/c1-3-25(4-2)29(27,28)16-8-5-14(6-9-16)20(26)22-12-11-19-23-17-10-7-15(21)13-18(17)24-19/h5-10,13H,3-4,11-12H2,1-2H3,(H,22,26)(H,23,24). The van der Waals surface area contributed by atoms with E-state index < -0.39 is 10.0 Å². The Morgan fingerprint density at radius 2 is 1.83 bits per heavy atom. The third kappa shape index (κ3) is 4.63. The molecule has 9 heteroatoms. The number of imidazole rings is 1. The van der Waals surface area contributed by atoms with Crippen LogP contribution in [0.3, 0.4) is 0 Å². The normalized spacial score (nSPS) is 11.9. The second kappa shape index (κ2) is 8.71. The van der Waals surface area contributed by atoms with E-state index in [1.807, 2.05) is 0 Å². The highest BCUT2D eigenvalue weighted by atomic mass is 32.2. The number of H-pyrrole nitrogens is 1. The average Bonchev–Trinajstić information content (AvgIpc) is 3.10. The number of nitrogens with one attached hydrogen (secondary N) is 2. The minimum absolute atomic E-state index is 0.159. The van der Waals surface area contributed by atoms with Crippen molar-refractivity contribution in [1.29, 1.82) is 0 Å². The van der Waals surface area contributed by atoms with E-state index in [2.05, 4.69) is 15.3 Å². The summed E-state index contributed by atoms with van der Waals surface area (Å²) in [6, 6.07) is 10.2. The molecule has 0 aliphatic rings. The van der Waals surface area contributed by atoms with Crippen LogP contribution >= 0.6 is 0 Å². The molecule has 29 heavy (non-hydrogen) atoms. The third-order valence-electron chi connectivity index (χ3n) is 4.60. The van der Waals surface area contributed by atoms with Gasteiger partial charge in [0.1, 0.15) is 11.6 Å². The average molecular weight is 418 g/mol. The van der Waals surface area contributed by atoms with Gasteiger partial charge in [0.25, 0.3) is 5.91 Å². The molecule has 1 amide bonds. The lowest BCUT2D eigenvalue weighted by Crippen LogP contribution is -2.30. The largest absolute Gasteiger partial charge is 0.352 e. The van der Waals surface area contributed by atoms with E-state index in [4.69, 9.17) is 0 Å². The molecular formula is C20H23FN4O3S. The van der Waals surface area contributed by atoms with Gasteiger partial charge >= 0.3 is 0 Å². The van der Waals surface area contributed by atoms with Crippen molar-refractivity contribution in [2.24, 2.45) is 0 Å². The molecule has 0 bridgehead atoms. The number of hydrogen-bond acceptors (Lipinski definition) is 4. The van der Waals surface area contributed by atoms with Crippen molar-refractivity contribution < 1.29 is 17.6 Å². The maximum atomic E-state index is 13.2.